The topological polar surface area (TPSA) is 76.1 Å². The molecule has 0 bridgehead atoms. The van der Waals surface area contributed by atoms with E-state index in [2.05, 4.69) is 31.2 Å². The van der Waals surface area contributed by atoms with E-state index < -0.39 is 5.60 Å². The standard InChI is InChI=1S/C15H28N4O/c1-10(2)19-14(13(16)12(4)18-19)17-9-15(20)7-5-6-11(3)8-15/h10-11,17,20H,5-9,16H2,1-4H3. The van der Waals surface area contributed by atoms with Crippen LogP contribution in [0, 0.1) is 12.8 Å². The van der Waals surface area contributed by atoms with Crippen molar-refractivity contribution in [2.45, 2.75) is 65.0 Å². The number of aryl methyl sites for hydroxylation is 1. The first-order valence-corrected chi connectivity index (χ1v) is 7.63. The maximum atomic E-state index is 10.7. The van der Waals surface area contributed by atoms with E-state index >= 15 is 0 Å². The number of aromatic nitrogens is 2. The minimum Gasteiger partial charge on any atom is -0.394 e. The normalized spacial score (nSPS) is 27.0. The molecule has 0 aliphatic heterocycles. The molecule has 2 atom stereocenters. The third kappa shape index (κ3) is 3.08. The maximum absolute atomic E-state index is 10.7. The van der Waals surface area contributed by atoms with Crippen molar-refractivity contribution in [3.63, 3.8) is 0 Å². The van der Waals surface area contributed by atoms with Crippen molar-refractivity contribution in [1.82, 2.24) is 9.78 Å². The monoisotopic (exact) mass is 280 g/mol. The molecule has 20 heavy (non-hydrogen) atoms. The molecule has 0 spiro atoms. The Morgan fingerprint density at radius 3 is 2.85 bits per heavy atom. The highest BCUT2D eigenvalue weighted by molar-refractivity contribution is 5.65. The minimum absolute atomic E-state index is 0.244. The largest absolute Gasteiger partial charge is 0.394 e. The minimum atomic E-state index is -0.621. The summed E-state index contributed by atoms with van der Waals surface area (Å²) in [6.45, 7) is 8.82. The SMILES string of the molecule is Cc1nn(C(C)C)c(NCC2(O)CCCC(C)C2)c1N. The molecule has 1 aromatic heterocycles. The molecular formula is C15H28N4O. The quantitative estimate of drug-likeness (QED) is 0.792. The van der Waals surface area contributed by atoms with Crippen LogP contribution in [0.4, 0.5) is 11.5 Å². The van der Waals surface area contributed by atoms with Gasteiger partial charge in [-0.2, -0.15) is 5.10 Å². The molecule has 1 aliphatic rings. The van der Waals surface area contributed by atoms with Gasteiger partial charge in [-0.3, -0.25) is 0 Å². The summed E-state index contributed by atoms with van der Waals surface area (Å²) in [4.78, 5) is 0. The van der Waals surface area contributed by atoms with Gasteiger partial charge in [0.25, 0.3) is 0 Å². The summed E-state index contributed by atoms with van der Waals surface area (Å²) in [6.07, 6.45) is 4.03. The first kappa shape index (κ1) is 15.2. The van der Waals surface area contributed by atoms with Crippen LogP contribution in [-0.2, 0) is 0 Å². The molecule has 2 unspecified atom stereocenters. The molecule has 5 heteroatoms. The van der Waals surface area contributed by atoms with Gasteiger partial charge >= 0.3 is 0 Å². The van der Waals surface area contributed by atoms with Gasteiger partial charge in [0.05, 0.1) is 17.0 Å². The molecule has 2 rings (SSSR count). The molecule has 4 N–H and O–H groups in total. The molecule has 0 amide bonds. The zero-order valence-electron chi connectivity index (χ0n) is 13.1. The molecule has 0 saturated heterocycles. The Hall–Kier alpha value is -1.23. The van der Waals surface area contributed by atoms with Crippen molar-refractivity contribution in [1.29, 1.82) is 0 Å². The van der Waals surface area contributed by atoms with Gasteiger partial charge in [0.2, 0.25) is 0 Å². The second kappa shape index (κ2) is 5.64. The number of nitrogens with two attached hydrogens (primary N) is 1. The fraction of sp³-hybridized carbons (Fsp3) is 0.800. The Morgan fingerprint density at radius 1 is 1.55 bits per heavy atom. The van der Waals surface area contributed by atoms with Crippen molar-refractivity contribution >= 4 is 11.5 Å². The number of hydrogen-bond acceptors (Lipinski definition) is 4. The maximum Gasteiger partial charge on any atom is 0.148 e. The third-order valence-corrected chi connectivity index (χ3v) is 4.27. The highest BCUT2D eigenvalue weighted by Gasteiger charge is 2.33. The lowest BCUT2D eigenvalue weighted by molar-refractivity contribution is -0.000891. The highest BCUT2D eigenvalue weighted by atomic mass is 16.3. The number of nitrogens with zero attached hydrogens (tertiary/aromatic N) is 2. The lowest BCUT2D eigenvalue weighted by Crippen LogP contribution is -2.41. The van der Waals surface area contributed by atoms with Crippen LogP contribution >= 0.6 is 0 Å². The van der Waals surface area contributed by atoms with Crippen molar-refractivity contribution in [3.8, 4) is 0 Å². The predicted molar refractivity (Wildman–Crippen MR) is 82.8 cm³/mol. The Balaban J connectivity index is 2.10. The van der Waals surface area contributed by atoms with E-state index in [1.807, 2.05) is 11.6 Å². The van der Waals surface area contributed by atoms with Crippen LogP contribution in [0.25, 0.3) is 0 Å². The number of anilines is 2. The van der Waals surface area contributed by atoms with Gasteiger partial charge in [-0.1, -0.05) is 19.8 Å². The summed E-state index contributed by atoms with van der Waals surface area (Å²) in [5.41, 5.74) is 7.00. The van der Waals surface area contributed by atoms with E-state index in [0.29, 0.717) is 18.2 Å². The van der Waals surface area contributed by atoms with E-state index in [1.165, 1.54) is 6.42 Å². The fourth-order valence-electron chi connectivity index (χ4n) is 3.15. The lowest BCUT2D eigenvalue weighted by atomic mass is 9.79. The molecule has 1 aliphatic carbocycles. The van der Waals surface area contributed by atoms with Gasteiger partial charge in [-0.25, -0.2) is 4.68 Å². The van der Waals surface area contributed by atoms with Crippen LogP contribution < -0.4 is 11.1 Å². The van der Waals surface area contributed by atoms with Crippen molar-refractivity contribution < 1.29 is 5.11 Å². The smallest absolute Gasteiger partial charge is 0.148 e. The van der Waals surface area contributed by atoms with Crippen molar-refractivity contribution in [2.24, 2.45) is 5.92 Å². The molecule has 1 saturated carbocycles. The molecule has 5 nitrogen and oxygen atoms in total. The Bertz CT molecular complexity index is 469. The van der Waals surface area contributed by atoms with Crippen LogP contribution in [0.5, 0.6) is 0 Å². The van der Waals surface area contributed by atoms with E-state index in [4.69, 9.17) is 5.73 Å². The van der Waals surface area contributed by atoms with E-state index in [-0.39, 0.29) is 6.04 Å². The zero-order chi connectivity index (χ0) is 14.9. The Morgan fingerprint density at radius 2 is 2.25 bits per heavy atom. The molecule has 1 fully saturated rings. The van der Waals surface area contributed by atoms with E-state index in [0.717, 1.165) is 30.8 Å². The predicted octanol–water partition coefficient (Wildman–Crippen LogP) is 2.71. The average molecular weight is 280 g/mol. The molecule has 1 heterocycles. The summed E-state index contributed by atoms with van der Waals surface area (Å²) in [5.74, 6) is 1.42. The second-order valence-corrected chi connectivity index (χ2v) is 6.67. The van der Waals surface area contributed by atoms with Gasteiger partial charge in [0.15, 0.2) is 0 Å². The highest BCUT2D eigenvalue weighted by Crippen LogP contribution is 2.33. The van der Waals surface area contributed by atoms with Crippen LogP contribution in [0.1, 0.15) is 58.2 Å². The summed E-state index contributed by atoms with van der Waals surface area (Å²) < 4.78 is 1.90. The van der Waals surface area contributed by atoms with Crippen LogP contribution in [0.3, 0.4) is 0 Å². The third-order valence-electron chi connectivity index (χ3n) is 4.27. The van der Waals surface area contributed by atoms with Crippen LogP contribution in [-0.4, -0.2) is 27.0 Å². The molecular weight excluding hydrogens is 252 g/mol. The number of aliphatic hydroxyl groups is 1. The van der Waals surface area contributed by atoms with Gasteiger partial charge in [0, 0.05) is 12.6 Å². The zero-order valence-corrected chi connectivity index (χ0v) is 13.1. The van der Waals surface area contributed by atoms with Crippen molar-refractivity contribution in [2.75, 3.05) is 17.6 Å². The fourth-order valence-corrected chi connectivity index (χ4v) is 3.15. The average Bonchev–Trinajstić information content (AvgIpc) is 2.63. The van der Waals surface area contributed by atoms with E-state index in [9.17, 15) is 5.11 Å². The molecule has 0 aromatic carbocycles. The second-order valence-electron chi connectivity index (χ2n) is 6.67. The molecule has 0 radical (unpaired) electrons. The number of rotatable bonds is 4. The van der Waals surface area contributed by atoms with Gasteiger partial charge in [0.1, 0.15) is 5.82 Å². The number of nitrogen functional groups attached to an aromatic ring is 1. The lowest BCUT2D eigenvalue weighted by Gasteiger charge is -2.36. The van der Waals surface area contributed by atoms with Gasteiger partial charge < -0.3 is 16.2 Å². The first-order valence-electron chi connectivity index (χ1n) is 7.63. The van der Waals surface area contributed by atoms with Crippen molar-refractivity contribution in [3.05, 3.63) is 5.69 Å². The first-order chi connectivity index (χ1) is 9.32. The Labute approximate surface area is 121 Å². The summed E-state index contributed by atoms with van der Waals surface area (Å²) >= 11 is 0. The van der Waals surface area contributed by atoms with Crippen LogP contribution in [0.2, 0.25) is 0 Å². The number of nitrogens with one attached hydrogen (secondary N) is 1. The number of hydrogen-bond donors (Lipinski definition) is 3. The molecule has 114 valence electrons. The summed E-state index contributed by atoms with van der Waals surface area (Å²) in [7, 11) is 0. The Kier molecular flexibility index (Phi) is 4.28. The van der Waals surface area contributed by atoms with Gasteiger partial charge in [-0.15, -0.1) is 0 Å². The van der Waals surface area contributed by atoms with E-state index in [1.54, 1.807) is 0 Å². The van der Waals surface area contributed by atoms with Crippen LogP contribution in [0.15, 0.2) is 0 Å². The summed E-state index contributed by atoms with van der Waals surface area (Å²) in [6, 6.07) is 0.244. The van der Waals surface area contributed by atoms with Gasteiger partial charge in [-0.05, 0) is 39.5 Å². The molecule has 1 aromatic rings. The summed E-state index contributed by atoms with van der Waals surface area (Å²) in [5, 5.41) is 18.5.